The van der Waals surface area contributed by atoms with Crippen LogP contribution in [-0.4, -0.2) is 21.8 Å². The predicted molar refractivity (Wildman–Crippen MR) is 115 cm³/mol. The highest BCUT2D eigenvalue weighted by Gasteiger charge is 2.10. The van der Waals surface area contributed by atoms with Crippen molar-refractivity contribution in [2.45, 2.75) is 6.54 Å². The molecule has 3 heterocycles. The van der Waals surface area contributed by atoms with E-state index in [2.05, 4.69) is 20.6 Å². The molecule has 3 aromatic heterocycles. The van der Waals surface area contributed by atoms with E-state index in [1.807, 2.05) is 29.0 Å². The molecule has 0 bridgehead atoms. The number of nitrogens with zero attached hydrogens (tertiary/aromatic N) is 2. The molecular formula is C21H16N4O2S2. The van der Waals surface area contributed by atoms with E-state index in [0.29, 0.717) is 22.7 Å². The molecule has 0 unspecified atom stereocenters. The number of aromatic nitrogens is 2. The summed E-state index contributed by atoms with van der Waals surface area (Å²) in [6.45, 7) is 0.353. The summed E-state index contributed by atoms with van der Waals surface area (Å²) in [6.07, 6.45) is 3.45. The van der Waals surface area contributed by atoms with Crippen LogP contribution in [-0.2, 0) is 6.54 Å². The number of benzene rings is 1. The van der Waals surface area contributed by atoms with Gasteiger partial charge in [0.1, 0.15) is 5.01 Å². The smallest absolute Gasteiger partial charge is 0.265 e. The fraction of sp³-hybridized carbons (Fsp3) is 0.0476. The number of amides is 2. The SMILES string of the molecule is O=C(NCc1nc(-c2ccncc2)cs1)c1ccc(NC(=O)c2cccs2)cc1. The summed E-state index contributed by atoms with van der Waals surface area (Å²) in [5, 5.41) is 10.3. The minimum atomic E-state index is -0.193. The van der Waals surface area contributed by atoms with Gasteiger partial charge < -0.3 is 10.6 Å². The molecule has 144 valence electrons. The molecule has 4 aromatic rings. The number of hydrogen-bond donors (Lipinski definition) is 2. The fourth-order valence-electron chi connectivity index (χ4n) is 2.61. The zero-order valence-corrected chi connectivity index (χ0v) is 16.8. The standard InChI is InChI=1S/C21H16N4O2S2/c26-20(23-12-19-25-17(13-29-19)14-7-9-22-10-8-14)15-3-5-16(6-4-15)24-21(27)18-2-1-11-28-18/h1-11,13H,12H2,(H,23,26)(H,24,27). The molecular weight excluding hydrogens is 404 g/mol. The van der Waals surface area contributed by atoms with E-state index in [1.54, 1.807) is 42.7 Å². The number of thiophene rings is 1. The lowest BCUT2D eigenvalue weighted by Gasteiger charge is -2.06. The molecule has 0 saturated carbocycles. The van der Waals surface area contributed by atoms with E-state index < -0.39 is 0 Å². The normalized spacial score (nSPS) is 10.5. The summed E-state index contributed by atoms with van der Waals surface area (Å²) in [5.74, 6) is -0.354. The van der Waals surface area contributed by atoms with Gasteiger partial charge in [-0.2, -0.15) is 0 Å². The van der Waals surface area contributed by atoms with Crippen LogP contribution in [0.25, 0.3) is 11.3 Å². The Balaban J connectivity index is 1.33. The average Bonchev–Trinajstić information content (AvgIpc) is 3.45. The van der Waals surface area contributed by atoms with Gasteiger partial charge in [-0.3, -0.25) is 14.6 Å². The predicted octanol–water partition coefficient (Wildman–Crippen LogP) is 4.45. The lowest BCUT2D eigenvalue weighted by atomic mass is 10.2. The molecule has 0 fully saturated rings. The number of carbonyl (C=O) groups is 2. The van der Waals surface area contributed by atoms with Crippen LogP contribution in [0.3, 0.4) is 0 Å². The maximum atomic E-state index is 12.4. The summed E-state index contributed by atoms with van der Waals surface area (Å²) in [7, 11) is 0. The molecule has 0 aliphatic rings. The van der Waals surface area contributed by atoms with E-state index in [1.165, 1.54) is 22.7 Å². The molecule has 4 rings (SSSR count). The van der Waals surface area contributed by atoms with Gasteiger partial charge in [0.05, 0.1) is 17.1 Å². The van der Waals surface area contributed by atoms with Crippen molar-refractivity contribution in [3.8, 4) is 11.3 Å². The minimum Gasteiger partial charge on any atom is -0.346 e. The Morgan fingerprint density at radius 2 is 1.72 bits per heavy atom. The van der Waals surface area contributed by atoms with Crippen LogP contribution in [0.1, 0.15) is 25.0 Å². The van der Waals surface area contributed by atoms with Crippen molar-refractivity contribution >= 4 is 40.2 Å². The first-order valence-corrected chi connectivity index (χ1v) is 10.5. The third-order valence-electron chi connectivity index (χ3n) is 4.08. The molecule has 1 aromatic carbocycles. The molecule has 0 aliphatic heterocycles. The van der Waals surface area contributed by atoms with Crippen molar-refractivity contribution in [2.24, 2.45) is 0 Å². The number of pyridine rings is 1. The molecule has 0 atom stereocenters. The van der Waals surface area contributed by atoms with Crippen molar-refractivity contribution < 1.29 is 9.59 Å². The fourth-order valence-corrected chi connectivity index (χ4v) is 3.97. The molecule has 0 radical (unpaired) electrons. The Morgan fingerprint density at radius 3 is 2.45 bits per heavy atom. The second kappa shape index (κ2) is 8.76. The van der Waals surface area contributed by atoms with Gasteiger partial charge in [-0.1, -0.05) is 6.07 Å². The zero-order chi connectivity index (χ0) is 20.1. The van der Waals surface area contributed by atoms with Crippen molar-refractivity contribution in [1.29, 1.82) is 0 Å². The lowest BCUT2D eigenvalue weighted by molar-refractivity contribution is 0.0950. The van der Waals surface area contributed by atoms with Crippen LogP contribution in [0.4, 0.5) is 5.69 Å². The van der Waals surface area contributed by atoms with Crippen LogP contribution in [0.2, 0.25) is 0 Å². The van der Waals surface area contributed by atoms with Crippen LogP contribution < -0.4 is 10.6 Å². The Bertz CT molecular complexity index is 1110. The van der Waals surface area contributed by atoms with Gasteiger partial charge in [-0.05, 0) is 47.8 Å². The molecule has 0 spiro atoms. The number of anilines is 1. The monoisotopic (exact) mass is 420 g/mol. The summed E-state index contributed by atoms with van der Waals surface area (Å²) in [6, 6.07) is 14.2. The quantitative estimate of drug-likeness (QED) is 0.483. The summed E-state index contributed by atoms with van der Waals surface area (Å²) < 4.78 is 0. The number of nitrogens with one attached hydrogen (secondary N) is 2. The first-order chi connectivity index (χ1) is 14.2. The molecule has 2 amide bonds. The molecule has 29 heavy (non-hydrogen) atoms. The van der Waals surface area contributed by atoms with Gasteiger partial charge in [0, 0.05) is 34.6 Å². The zero-order valence-electron chi connectivity index (χ0n) is 15.2. The first kappa shape index (κ1) is 19.0. The van der Waals surface area contributed by atoms with Crippen molar-refractivity contribution in [1.82, 2.24) is 15.3 Å². The first-order valence-electron chi connectivity index (χ1n) is 8.77. The molecule has 0 aliphatic carbocycles. The molecule has 0 saturated heterocycles. The van der Waals surface area contributed by atoms with Crippen molar-refractivity contribution in [3.05, 3.63) is 87.1 Å². The van der Waals surface area contributed by atoms with Crippen LogP contribution in [0, 0.1) is 0 Å². The number of thiazole rings is 1. The number of rotatable bonds is 6. The Hall–Kier alpha value is -3.36. The number of carbonyl (C=O) groups excluding carboxylic acids is 2. The van der Waals surface area contributed by atoms with Gasteiger partial charge >= 0.3 is 0 Å². The lowest BCUT2D eigenvalue weighted by Crippen LogP contribution is -2.22. The third kappa shape index (κ3) is 4.74. The van der Waals surface area contributed by atoms with E-state index in [-0.39, 0.29) is 11.8 Å². The highest BCUT2D eigenvalue weighted by Crippen LogP contribution is 2.21. The minimum absolute atomic E-state index is 0.161. The highest BCUT2D eigenvalue weighted by atomic mass is 32.1. The summed E-state index contributed by atoms with van der Waals surface area (Å²) in [5.41, 5.74) is 3.02. The number of hydrogen-bond acceptors (Lipinski definition) is 6. The maximum absolute atomic E-state index is 12.4. The van der Waals surface area contributed by atoms with E-state index in [4.69, 9.17) is 0 Å². The van der Waals surface area contributed by atoms with Crippen molar-refractivity contribution in [2.75, 3.05) is 5.32 Å². The third-order valence-corrected chi connectivity index (χ3v) is 5.80. The summed E-state index contributed by atoms with van der Waals surface area (Å²) in [4.78, 5) is 33.6. The second-order valence-corrected chi connectivity index (χ2v) is 7.94. The Labute approximate surface area is 175 Å². The largest absolute Gasteiger partial charge is 0.346 e. The van der Waals surface area contributed by atoms with Gasteiger partial charge in [0.15, 0.2) is 0 Å². The maximum Gasteiger partial charge on any atom is 0.265 e. The highest BCUT2D eigenvalue weighted by molar-refractivity contribution is 7.12. The summed E-state index contributed by atoms with van der Waals surface area (Å²) >= 11 is 2.88. The van der Waals surface area contributed by atoms with Gasteiger partial charge in [-0.25, -0.2) is 4.98 Å². The molecule has 8 heteroatoms. The van der Waals surface area contributed by atoms with Gasteiger partial charge in [0.25, 0.3) is 11.8 Å². The van der Waals surface area contributed by atoms with E-state index >= 15 is 0 Å². The van der Waals surface area contributed by atoms with Gasteiger partial charge in [0.2, 0.25) is 0 Å². The molecule has 2 N–H and O–H groups in total. The second-order valence-electron chi connectivity index (χ2n) is 6.05. The van der Waals surface area contributed by atoms with Crippen LogP contribution in [0.5, 0.6) is 0 Å². The van der Waals surface area contributed by atoms with Crippen LogP contribution >= 0.6 is 22.7 Å². The van der Waals surface area contributed by atoms with Crippen LogP contribution in [0.15, 0.2) is 71.7 Å². The molecule has 6 nitrogen and oxygen atoms in total. The van der Waals surface area contributed by atoms with Gasteiger partial charge in [-0.15, -0.1) is 22.7 Å². The van der Waals surface area contributed by atoms with Crippen molar-refractivity contribution in [3.63, 3.8) is 0 Å². The average molecular weight is 421 g/mol. The Kier molecular flexibility index (Phi) is 5.73. The van der Waals surface area contributed by atoms with E-state index in [0.717, 1.165) is 16.3 Å². The van der Waals surface area contributed by atoms with E-state index in [9.17, 15) is 9.59 Å². The topological polar surface area (TPSA) is 84.0 Å². The Morgan fingerprint density at radius 1 is 0.931 bits per heavy atom.